The van der Waals surface area contributed by atoms with Crippen LogP contribution < -0.4 is 5.32 Å². The van der Waals surface area contributed by atoms with Gasteiger partial charge in [0.1, 0.15) is 5.76 Å². The smallest absolute Gasteiger partial charge is 0.306 e. The molecular weight excluding hydrogens is 364 g/mol. The first-order valence-electron chi connectivity index (χ1n) is 9.05. The molecule has 140 valence electrons. The molecule has 3 aromatic rings. The summed E-state index contributed by atoms with van der Waals surface area (Å²) in [5.41, 5.74) is 0.945. The topological polar surface area (TPSA) is 92.4 Å². The number of carbonyl (C=O) groups is 2. The number of nitrogens with one attached hydrogen (secondary N) is 1. The van der Waals surface area contributed by atoms with E-state index in [9.17, 15) is 9.59 Å². The second kappa shape index (κ2) is 7.52. The zero-order valence-corrected chi connectivity index (χ0v) is 15.5. The molecule has 0 radical (unpaired) electrons. The van der Waals surface area contributed by atoms with Crippen LogP contribution >= 0.6 is 11.3 Å². The second-order valence-corrected chi connectivity index (χ2v) is 7.89. The lowest BCUT2D eigenvalue weighted by atomic mass is 9.81. The number of benzene rings is 1. The van der Waals surface area contributed by atoms with Crippen molar-refractivity contribution < 1.29 is 19.1 Å². The van der Waals surface area contributed by atoms with Crippen LogP contribution in [0.4, 0.5) is 0 Å². The molecule has 4 rings (SSSR count). The van der Waals surface area contributed by atoms with Gasteiger partial charge >= 0.3 is 5.97 Å². The minimum Gasteiger partial charge on any atom is -0.481 e. The first kappa shape index (κ1) is 17.7. The fourth-order valence-electron chi connectivity index (χ4n) is 3.49. The highest BCUT2D eigenvalue weighted by Crippen LogP contribution is 2.31. The molecule has 0 bridgehead atoms. The van der Waals surface area contributed by atoms with E-state index in [-0.39, 0.29) is 17.7 Å². The summed E-state index contributed by atoms with van der Waals surface area (Å²) in [5, 5.41) is 12.8. The molecule has 0 spiro atoms. The maximum atomic E-state index is 12.3. The highest BCUT2D eigenvalue weighted by molar-refractivity contribution is 7.21. The Kier molecular flexibility index (Phi) is 4.94. The molecular formula is C20H20N2O4S. The molecule has 7 heteroatoms. The average Bonchev–Trinajstić information content (AvgIpc) is 3.32. The van der Waals surface area contributed by atoms with Crippen LogP contribution in [0, 0.1) is 11.8 Å². The van der Waals surface area contributed by atoms with Gasteiger partial charge in [-0.1, -0.05) is 12.1 Å². The van der Waals surface area contributed by atoms with Gasteiger partial charge in [-0.2, -0.15) is 0 Å². The van der Waals surface area contributed by atoms with Crippen LogP contribution in [0.25, 0.3) is 21.0 Å². The van der Waals surface area contributed by atoms with Crippen LogP contribution in [0.3, 0.4) is 0 Å². The van der Waals surface area contributed by atoms with Crippen molar-refractivity contribution in [2.75, 3.05) is 0 Å². The van der Waals surface area contributed by atoms with E-state index in [1.807, 2.05) is 36.4 Å². The van der Waals surface area contributed by atoms with Gasteiger partial charge in [-0.25, -0.2) is 4.98 Å². The molecule has 2 aromatic heterocycles. The summed E-state index contributed by atoms with van der Waals surface area (Å²) in [4.78, 5) is 27.9. The third-order valence-electron chi connectivity index (χ3n) is 5.05. The molecule has 1 aromatic carbocycles. The molecule has 0 unspecified atom stereocenters. The second-order valence-electron chi connectivity index (χ2n) is 6.86. The van der Waals surface area contributed by atoms with Crippen molar-refractivity contribution in [3.8, 4) is 10.8 Å². The van der Waals surface area contributed by atoms with E-state index in [1.54, 1.807) is 11.3 Å². The minimum atomic E-state index is -0.758. The van der Waals surface area contributed by atoms with Crippen LogP contribution in [0.15, 0.2) is 40.8 Å². The number of amides is 1. The number of hydrogen-bond donors (Lipinski definition) is 2. The molecule has 1 saturated carbocycles. The van der Waals surface area contributed by atoms with Crippen LogP contribution in [0.2, 0.25) is 0 Å². The van der Waals surface area contributed by atoms with E-state index in [4.69, 9.17) is 9.52 Å². The fraction of sp³-hybridized carbons (Fsp3) is 0.350. The summed E-state index contributed by atoms with van der Waals surface area (Å²) in [7, 11) is 0. The predicted molar refractivity (Wildman–Crippen MR) is 102 cm³/mol. The maximum absolute atomic E-state index is 12.3. The fourth-order valence-corrected chi connectivity index (χ4v) is 4.41. The number of hydrogen-bond acceptors (Lipinski definition) is 5. The third kappa shape index (κ3) is 3.88. The summed E-state index contributed by atoms with van der Waals surface area (Å²) in [6, 6.07) is 11.7. The van der Waals surface area contributed by atoms with Gasteiger partial charge in [0, 0.05) is 5.92 Å². The largest absolute Gasteiger partial charge is 0.481 e. The summed E-state index contributed by atoms with van der Waals surface area (Å²) < 4.78 is 6.95. The molecule has 2 N–H and O–H groups in total. The number of fused-ring (bicyclic) bond motifs is 1. The molecule has 1 aliphatic carbocycles. The van der Waals surface area contributed by atoms with Crippen molar-refractivity contribution >= 4 is 33.4 Å². The number of aliphatic carboxylic acids is 1. The predicted octanol–water partition coefficient (Wildman–Crippen LogP) is 4.06. The Morgan fingerprint density at radius 1 is 1.11 bits per heavy atom. The lowest BCUT2D eigenvalue weighted by Gasteiger charge is -2.25. The van der Waals surface area contributed by atoms with Gasteiger partial charge in [0.05, 0.1) is 22.7 Å². The van der Waals surface area contributed by atoms with Gasteiger partial charge in [-0.3, -0.25) is 9.59 Å². The minimum absolute atomic E-state index is 0.0308. The van der Waals surface area contributed by atoms with Gasteiger partial charge in [-0.05, 0) is 49.9 Å². The molecule has 2 heterocycles. The summed E-state index contributed by atoms with van der Waals surface area (Å²) >= 11 is 1.57. The first-order chi connectivity index (χ1) is 13.1. The van der Waals surface area contributed by atoms with Gasteiger partial charge < -0.3 is 14.8 Å². The number of para-hydroxylation sites is 1. The number of aromatic nitrogens is 1. The molecule has 27 heavy (non-hydrogen) atoms. The van der Waals surface area contributed by atoms with Crippen molar-refractivity contribution in [3.63, 3.8) is 0 Å². The van der Waals surface area contributed by atoms with Crippen LogP contribution in [-0.2, 0) is 16.1 Å². The van der Waals surface area contributed by atoms with Crippen molar-refractivity contribution in [2.45, 2.75) is 32.2 Å². The number of thiazole rings is 1. The number of nitrogens with zero attached hydrogens (tertiary/aromatic N) is 1. The van der Waals surface area contributed by atoms with Crippen molar-refractivity contribution in [2.24, 2.45) is 11.8 Å². The van der Waals surface area contributed by atoms with E-state index in [0.717, 1.165) is 15.2 Å². The zero-order valence-electron chi connectivity index (χ0n) is 14.7. The number of rotatable bonds is 5. The quantitative estimate of drug-likeness (QED) is 0.692. The first-order valence-corrected chi connectivity index (χ1v) is 9.87. The van der Waals surface area contributed by atoms with Crippen LogP contribution in [0.5, 0.6) is 0 Å². The lowest BCUT2D eigenvalue weighted by molar-refractivity contribution is -0.144. The molecule has 0 atom stereocenters. The maximum Gasteiger partial charge on any atom is 0.306 e. The zero-order chi connectivity index (χ0) is 18.8. The summed E-state index contributed by atoms with van der Waals surface area (Å²) in [6.45, 7) is 0.322. The number of furan rings is 1. The van der Waals surface area contributed by atoms with Crippen LogP contribution in [-0.4, -0.2) is 22.0 Å². The van der Waals surface area contributed by atoms with E-state index in [0.29, 0.717) is 43.7 Å². The Hall–Kier alpha value is -2.67. The third-order valence-corrected chi connectivity index (χ3v) is 6.10. The molecule has 1 aliphatic rings. The van der Waals surface area contributed by atoms with E-state index in [1.165, 1.54) is 0 Å². The van der Waals surface area contributed by atoms with Crippen molar-refractivity contribution in [3.05, 3.63) is 42.2 Å². The molecule has 1 fully saturated rings. The normalized spacial score (nSPS) is 19.9. The van der Waals surface area contributed by atoms with Crippen molar-refractivity contribution in [1.82, 2.24) is 10.3 Å². The highest BCUT2D eigenvalue weighted by atomic mass is 32.1. The average molecular weight is 384 g/mol. The number of carbonyl (C=O) groups excluding carboxylic acids is 1. The Bertz CT molecular complexity index is 936. The molecule has 0 saturated heterocycles. The lowest BCUT2D eigenvalue weighted by Crippen LogP contribution is -2.33. The van der Waals surface area contributed by atoms with Gasteiger partial charge in [0.25, 0.3) is 0 Å². The number of carboxylic acids is 1. The highest BCUT2D eigenvalue weighted by Gasteiger charge is 2.29. The Morgan fingerprint density at radius 2 is 1.85 bits per heavy atom. The molecule has 6 nitrogen and oxygen atoms in total. The van der Waals surface area contributed by atoms with E-state index >= 15 is 0 Å². The Labute approximate surface area is 160 Å². The summed E-state index contributed by atoms with van der Waals surface area (Å²) in [6.07, 6.45) is 2.38. The van der Waals surface area contributed by atoms with Crippen LogP contribution in [0.1, 0.15) is 31.4 Å². The Balaban J connectivity index is 1.34. The molecule has 0 aliphatic heterocycles. The SMILES string of the molecule is O=C(O)C1CCC(C(=O)NCc2ccc(-c3nc4ccccc4s3)o2)CC1. The van der Waals surface area contributed by atoms with E-state index in [2.05, 4.69) is 10.3 Å². The van der Waals surface area contributed by atoms with E-state index < -0.39 is 5.97 Å². The standard InChI is InChI=1S/C20H20N2O4S/c23-18(12-5-7-13(8-6-12)20(24)25)21-11-14-9-10-16(26-14)19-22-15-3-1-2-4-17(15)27-19/h1-4,9-10,12-13H,5-8,11H2,(H,21,23)(H,24,25). The van der Waals surface area contributed by atoms with Crippen molar-refractivity contribution in [1.29, 1.82) is 0 Å². The van der Waals surface area contributed by atoms with Gasteiger partial charge in [-0.15, -0.1) is 11.3 Å². The molecule has 1 amide bonds. The number of carboxylic acid groups (broad SMARTS) is 1. The Morgan fingerprint density at radius 3 is 2.59 bits per heavy atom. The van der Waals surface area contributed by atoms with Gasteiger partial charge in [0.2, 0.25) is 5.91 Å². The van der Waals surface area contributed by atoms with Gasteiger partial charge in [0.15, 0.2) is 10.8 Å². The monoisotopic (exact) mass is 384 g/mol. The summed E-state index contributed by atoms with van der Waals surface area (Å²) in [5.74, 6) is 0.164.